The quantitative estimate of drug-likeness (QED) is 0.794. The Morgan fingerprint density at radius 2 is 2.20 bits per heavy atom. The topological polar surface area (TPSA) is 72.4 Å². The van der Waals surface area contributed by atoms with Crippen LogP contribution in [0.4, 0.5) is 0 Å². The zero-order valence-electron chi connectivity index (χ0n) is 8.82. The van der Waals surface area contributed by atoms with E-state index in [-0.39, 0.29) is 5.69 Å². The molecule has 82 valence electrons. The predicted molar refractivity (Wildman–Crippen MR) is 54.3 cm³/mol. The predicted octanol–water partition coefficient (Wildman–Crippen LogP) is 0.678. The van der Waals surface area contributed by atoms with Crippen LogP contribution >= 0.6 is 0 Å². The van der Waals surface area contributed by atoms with E-state index in [9.17, 15) is 4.79 Å². The summed E-state index contributed by atoms with van der Waals surface area (Å²) in [5, 5.41) is 3.68. The first-order chi connectivity index (χ1) is 7.18. The summed E-state index contributed by atoms with van der Waals surface area (Å²) in [5.41, 5.74) is 6.34. The molecule has 0 spiro atoms. The van der Waals surface area contributed by atoms with Gasteiger partial charge in [0, 0.05) is 12.1 Å². The summed E-state index contributed by atoms with van der Waals surface area (Å²) in [7, 11) is 0. The van der Waals surface area contributed by atoms with Crippen LogP contribution in [0.25, 0.3) is 0 Å². The summed E-state index contributed by atoms with van der Waals surface area (Å²) < 4.78 is 4.99. The van der Waals surface area contributed by atoms with Crippen LogP contribution in [0.2, 0.25) is 0 Å². The highest BCUT2D eigenvalue weighted by Gasteiger charge is 2.21. The van der Waals surface area contributed by atoms with Crippen molar-refractivity contribution in [2.24, 2.45) is 5.73 Å². The van der Waals surface area contributed by atoms with Crippen molar-refractivity contribution in [3.8, 4) is 0 Å². The van der Waals surface area contributed by atoms with E-state index in [4.69, 9.17) is 10.3 Å². The molecule has 0 bridgehead atoms. The highest BCUT2D eigenvalue weighted by Crippen LogP contribution is 2.18. The number of amides is 1. The van der Waals surface area contributed by atoms with E-state index in [0.717, 1.165) is 18.7 Å². The van der Waals surface area contributed by atoms with E-state index in [1.165, 1.54) is 12.8 Å². The summed E-state index contributed by atoms with van der Waals surface area (Å²) in [6.45, 7) is 4.67. The molecule has 2 N–H and O–H groups in total. The van der Waals surface area contributed by atoms with E-state index in [1.54, 1.807) is 0 Å². The van der Waals surface area contributed by atoms with Gasteiger partial charge in [-0.2, -0.15) is 0 Å². The highest BCUT2D eigenvalue weighted by atomic mass is 16.5. The molecule has 2 heterocycles. The van der Waals surface area contributed by atoms with Gasteiger partial charge in [-0.3, -0.25) is 9.69 Å². The lowest BCUT2D eigenvalue weighted by atomic mass is 10.2. The molecule has 15 heavy (non-hydrogen) atoms. The Balaban J connectivity index is 2.18. The second kappa shape index (κ2) is 4.02. The average Bonchev–Trinajstić information content (AvgIpc) is 2.78. The van der Waals surface area contributed by atoms with Gasteiger partial charge >= 0.3 is 0 Å². The molecule has 1 aliphatic rings. The number of nitrogens with zero attached hydrogens (tertiary/aromatic N) is 2. The van der Waals surface area contributed by atoms with Gasteiger partial charge in [0.25, 0.3) is 5.91 Å². The fourth-order valence-corrected chi connectivity index (χ4v) is 1.94. The second-order valence-electron chi connectivity index (χ2n) is 3.91. The molecule has 1 saturated heterocycles. The number of nitrogens with two attached hydrogens (primary N) is 1. The molecule has 0 radical (unpaired) electrons. The van der Waals surface area contributed by atoms with Gasteiger partial charge in [-0.15, -0.1) is 0 Å². The van der Waals surface area contributed by atoms with Crippen LogP contribution in [0.3, 0.4) is 0 Å². The van der Waals surface area contributed by atoms with Crippen LogP contribution in [0, 0.1) is 6.92 Å². The van der Waals surface area contributed by atoms with Crippen molar-refractivity contribution in [1.29, 1.82) is 0 Å². The molecule has 5 heteroatoms. The molecule has 5 nitrogen and oxygen atoms in total. The molecule has 1 amide bonds. The van der Waals surface area contributed by atoms with E-state index >= 15 is 0 Å². The fourth-order valence-electron chi connectivity index (χ4n) is 1.94. The van der Waals surface area contributed by atoms with Crippen LogP contribution in [0.1, 0.15) is 34.7 Å². The van der Waals surface area contributed by atoms with E-state index in [0.29, 0.717) is 12.3 Å². The number of carbonyl (C=O) groups excluding carboxylic acids is 1. The number of likely N-dealkylation sites (tertiary alicyclic amines) is 1. The SMILES string of the molecule is Cc1onc(C(N)=O)c1CN1CCCC1. The molecule has 0 aromatic carbocycles. The van der Waals surface area contributed by atoms with Gasteiger partial charge in [0.2, 0.25) is 0 Å². The maximum atomic E-state index is 11.1. The third-order valence-corrected chi connectivity index (χ3v) is 2.80. The molecule has 2 rings (SSSR count). The highest BCUT2D eigenvalue weighted by molar-refractivity contribution is 5.92. The number of aromatic nitrogens is 1. The van der Waals surface area contributed by atoms with Crippen LogP contribution in [-0.2, 0) is 6.54 Å². The molecule has 0 saturated carbocycles. The standard InChI is InChI=1S/C10H15N3O2/c1-7-8(6-13-4-2-3-5-13)9(10(11)14)12-15-7/h2-6H2,1H3,(H2,11,14). The first kappa shape index (κ1) is 10.2. The maximum Gasteiger partial charge on any atom is 0.271 e. The molecule has 0 aliphatic carbocycles. The Kier molecular flexibility index (Phi) is 2.73. The lowest BCUT2D eigenvalue weighted by molar-refractivity contribution is 0.0990. The van der Waals surface area contributed by atoms with Gasteiger partial charge in [0.1, 0.15) is 5.76 Å². The van der Waals surface area contributed by atoms with Gasteiger partial charge in [0.15, 0.2) is 5.69 Å². The third kappa shape index (κ3) is 2.02. The number of primary amides is 1. The van der Waals surface area contributed by atoms with Crippen LogP contribution in [-0.4, -0.2) is 29.1 Å². The van der Waals surface area contributed by atoms with E-state index in [2.05, 4.69) is 10.1 Å². The Labute approximate surface area is 88.2 Å². The Bertz CT molecular complexity index is 367. The average molecular weight is 209 g/mol. The maximum absolute atomic E-state index is 11.1. The van der Waals surface area contributed by atoms with Crippen molar-refractivity contribution in [3.05, 3.63) is 17.0 Å². The van der Waals surface area contributed by atoms with Crippen LogP contribution in [0.5, 0.6) is 0 Å². The summed E-state index contributed by atoms with van der Waals surface area (Å²) in [4.78, 5) is 13.4. The van der Waals surface area contributed by atoms with Crippen LogP contribution < -0.4 is 5.73 Å². The van der Waals surface area contributed by atoms with E-state index in [1.807, 2.05) is 6.92 Å². The van der Waals surface area contributed by atoms with Crippen LogP contribution in [0.15, 0.2) is 4.52 Å². The van der Waals surface area contributed by atoms with Gasteiger partial charge < -0.3 is 10.3 Å². The molecular formula is C10H15N3O2. The lowest BCUT2D eigenvalue weighted by Crippen LogP contribution is -2.22. The van der Waals surface area contributed by atoms with Crippen molar-refractivity contribution in [2.75, 3.05) is 13.1 Å². The van der Waals surface area contributed by atoms with Gasteiger partial charge in [-0.1, -0.05) is 5.16 Å². The monoisotopic (exact) mass is 209 g/mol. The van der Waals surface area contributed by atoms with Crippen molar-refractivity contribution in [2.45, 2.75) is 26.3 Å². The Morgan fingerprint density at radius 1 is 1.53 bits per heavy atom. The summed E-state index contributed by atoms with van der Waals surface area (Å²) in [6.07, 6.45) is 2.44. The summed E-state index contributed by atoms with van der Waals surface area (Å²) in [5.74, 6) is 0.178. The number of rotatable bonds is 3. The molecule has 1 aliphatic heterocycles. The summed E-state index contributed by atoms with van der Waals surface area (Å²) >= 11 is 0. The van der Waals surface area contributed by atoms with Gasteiger partial charge in [0.05, 0.1) is 0 Å². The lowest BCUT2D eigenvalue weighted by Gasteiger charge is -2.13. The molecule has 1 aromatic heterocycles. The second-order valence-corrected chi connectivity index (χ2v) is 3.91. The Morgan fingerprint density at radius 3 is 2.80 bits per heavy atom. The zero-order valence-corrected chi connectivity index (χ0v) is 8.82. The molecule has 1 fully saturated rings. The first-order valence-electron chi connectivity index (χ1n) is 5.16. The number of aryl methyl sites for hydroxylation is 1. The van der Waals surface area contributed by atoms with E-state index < -0.39 is 5.91 Å². The van der Waals surface area contributed by atoms with Crippen molar-refractivity contribution < 1.29 is 9.32 Å². The molecule has 0 unspecified atom stereocenters. The minimum Gasteiger partial charge on any atom is -0.364 e. The summed E-state index contributed by atoms with van der Waals surface area (Å²) in [6, 6.07) is 0. The smallest absolute Gasteiger partial charge is 0.271 e. The fraction of sp³-hybridized carbons (Fsp3) is 0.600. The molecule has 0 atom stereocenters. The normalized spacial score (nSPS) is 17.1. The molecular weight excluding hydrogens is 194 g/mol. The first-order valence-corrected chi connectivity index (χ1v) is 5.16. The van der Waals surface area contributed by atoms with Crippen molar-refractivity contribution >= 4 is 5.91 Å². The minimum atomic E-state index is -0.513. The molecule has 1 aromatic rings. The largest absolute Gasteiger partial charge is 0.364 e. The van der Waals surface area contributed by atoms with Crippen molar-refractivity contribution in [3.63, 3.8) is 0 Å². The number of hydrogen-bond acceptors (Lipinski definition) is 4. The van der Waals surface area contributed by atoms with Gasteiger partial charge in [-0.05, 0) is 32.9 Å². The minimum absolute atomic E-state index is 0.277. The van der Waals surface area contributed by atoms with Crippen molar-refractivity contribution in [1.82, 2.24) is 10.1 Å². The number of carbonyl (C=O) groups is 1. The number of hydrogen-bond donors (Lipinski definition) is 1. The Hall–Kier alpha value is -1.36. The zero-order chi connectivity index (χ0) is 10.8. The third-order valence-electron chi connectivity index (χ3n) is 2.80. The van der Waals surface area contributed by atoms with Gasteiger partial charge in [-0.25, -0.2) is 0 Å².